The first-order valence-electron chi connectivity index (χ1n) is 7.16. The third-order valence-electron chi connectivity index (χ3n) is 3.42. The minimum absolute atomic E-state index is 0.313. The van der Waals surface area contributed by atoms with E-state index in [1.54, 1.807) is 27.5 Å². The Morgan fingerprint density at radius 1 is 1.14 bits per heavy atom. The minimum Gasteiger partial charge on any atom is -0.493 e. The normalized spacial score (nSPS) is 12.0. The number of rotatable bonds is 8. The zero-order chi connectivity index (χ0) is 15.9. The summed E-state index contributed by atoms with van der Waals surface area (Å²) < 4.78 is 18.1. The van der Waals surface area contributed by atoms with Gasteiger partial charge in [0, 0.05) is 31.5 Å². The van der Waals surface area contributed by atoms with Gasteiger partial charge in [0.2, 0.25) is 5.75 Å². The average molecular weight is 305 g/mol. The Bertz CT molecular complexity index is 559. The number of benzene rings is 1. The fourth-order valence-electron chi connectivity index (χ4n) is 2.31. The van der Waals surface area contributed by atoms with Crippen LogP contribution < -0.4 is 19.5 Å². The van der Waals surface area contributed by atoms with Crippen LogP contribution in [-0.4, -0.2) is 36.9 Å². The second-order valence-electron chi connectivity index (χ2n) is 5.08. The molecule has 0 amide bonds. The average Bonchev–Trinajstić information content (AvgIpc) is 3.04. The molecule has 2 rings (SSSR count). The van der Waals surface area contributed by atoms with Crippen LogP contribution in [0.1, 0.15) is 12.5 Å². The topological polar surface area (TPSA) is 57.5 Å². The molecule has 0 saturated carbocycles. The van der Waals surface area contributed by atoms with Gasteiger partial charge in [0.1, 0.15) is 0 Å². The summed E-state index contributed by atoms with van der Waals surface area (Å²) in [5.41, 5.74) is 1.08. The van der Waals surface area contributed by atoms with Gasteiger partial charge in [-0.3, -0.25) is 0 Å². The van der Waals surface area contributed by atoms with E-state index in [9.17, 15) is 0 Å². The van der Waals surface area contributed by atoms with Crippen molar-refractivity contribution in [2.75, 3.05) is 21.3 Å². The molecule has 0 saturated heterocycles. The molecule has 0 fully saturated rings. The number of imidazole rings is 1. The smallest absolute Gasteiger partial charge is 0.203 e. The number of ether oxygens (including phenoxy) is 3. The lowest BCUT2D eigenvalue weighted by atomic mass is 10.1. The third kappa shape index (κ3) is 3.92. The quantitative estimate of drug-likeness (QED) is 0.809. The van der Waals surface area contributed by atoms with Gasteiger partial charge in [0.25, 0.3) is 0 Å². The van der Waals surface area contributed by atoms with Crippen molar-refractivity contribution in [3.05, 3.63) is 36.4 Å². The highest BCUT2D eigenvalue weighted by molar-refractivity contribution is 5.53. The summed E-state index contributed by atoms with van der Waals surface area (Å²) >= 11 is 0. The molecule has 0 radical (unpaired) electrons. The van der Waals surface area contributed by atoms with Gasteiger partial charge >= 0.3 is 0 Å². The lowest BCUT2D eigenvalue weighted by Gasteiger charge is -2.17. The number of aromatic nitrogens is 2. The third-order valence-corrected chi connectivity index (χ3v) is 3.42. The maximum Gasteiger partial charge on any atom is 0.203 e. The lowest BCUT2D eigenvalue weighted by Crippen LogP contribution is -2.29. The molecule has 0 aliphatic carbocycles. The second-order valence-corrected chi connectivity index (χ2v) is 5.08. The predicted molar refractivity (Wildman–Crippen MR) is 84.6 cm³/mol. The SMILES string of the molecule is COc1cc(CNC(C)Cn2ccnc2)cc(OC)c1OC. The molecule has 120 valence electrons. The molecule has 1 heterocycles. The van der Waals surface area contributed by atoms with E-state index in [2.05, 4.69) is 17.2 Å². The Morgan fingerprint density at radius 3 is 2.32 bits per heavy atom. The number of methoxy groups -OCH3 is 3. The summed E-state index contributed by atoms with van der Waals surface area (Å²) in [5, 5.41) is 3.48. The summed E-state index contributed by atoms with van der Waals surface area (Å²) in [6, 6.07) is 4.23. The number of nitrogens with one attached hydrogen (secondary N) is 1. The Labute approximate surface area is 131 Å². The fraction of sp³-hybridized carbons (Fsp3) is 0.438. The maximum absolute atomic E-state index is 5.37. The van der Waals surface area contributed by atoms with Crippen molar-refractivity contribution >= 4 is 0 Å². The molecular weight excluding hydrogens is 282 g/mol. The summed E-state index contributed by atoms with van der Waals surface area (Å²) in [7, 11) is 4.85. The van der Waals surface area contributed by atoms with Crippen LogP contribution in [0, 0.1) is 0 Å². The lowest BCUT2D eigenvalue weighted by molar-refractivity contribution is 0.323. The van der Waals surface area contributed by atoms with Crippen molar-refractivity contribution in [1.29, 1.82) is 0 Å². The van der Waals surface area contributed by atoms with Crippen molar-refractivity contribution in [2.45, 2.75) is 26.1 Å². The van der Waals surface area contributed by atoms with Crippen LogP contribution in [0.3, 0.4) is 0 Å². The zero-order valence-electron chi connectivity index (χ0n) is 13.5. The van der Waals surface area contributed by atoms with Crippen molar-refractivity contribution in [3.8, 4) is 17.2 Å². The Hall–Kier alpha value is -2.21. The van der Waals surface area contributed by atoms with E-state index < -0.39 is 0 Å². The number of hydrogen-bond donors (Lipinski definition) is 1. The van der Waals surface area contributed by atoms with Gasteiger partial charge < -0.3 is 24.1 Å². The van der Waals surface area contributed by atoms with Crippen molar-refractivity contribution in [2.24, 2.45) is 0 Å². The molecule has 0 spiro atoms. The van der Waals surface area contributed by atoms with E-state index >= 15 is 0 Å². The van der Waals surface area contributed by atoms with E-state index in [0.717, 1.165) is 12.1 Å². The van der Waals surface area contributed by atoms with Gasteiger partial charge in [-0.1, -0.05) is 0 Å². The van der Waals surface area contributed by atoms with E-state index in [4.69, 9.17) is 14.2 Å². The van der Waals surface area contributed by atoms with E-state index in [0.29, 0.717) is 29.8 Å². The van der Waals surface area contributed by atoms with E-state index in [1.165, 1.54) is 0 Å². The molecular formula is C16H23N3O3. The van der Waals surface area contributed by atoms with E-state index in [1.807, 2.05) is 29.2 Å². The fourth-order valence-corrected chi connectivity index (χ4v) is 2.31. The van der Waals surface area contributed by atoms with Crippen LogP contribution in [-0.2, 0) is 13.1 Å². The zero-order valence-corrected chi connectivity index (χ0v) is 13.5. The van der Waals surface area contributed by atoms with Crippen LogP contribution in [0.25, 0.3) is 0 Å². The highest BCUT2D eigenvalue weighted by atomic mass is 16.5. The van der Waals surface area contributed by atoms with Gasteiger partial charge in [-0.05, 0) is 24.6 Å². The van der Waals surface area contributed by atoms with Crippen LogP contribution in [0.15, 0.2) is 30.9 Å². The summed E-state index contributed by atoms with van der Waals surface area (Å²) in [4.78, 5) is 4.05. The monoisotopic (exact) mass is 305 g/mol. The molecule has 0 aliphatic heterocycles. The first-order chi connectivity index (χ1) is 10.7. The molecule has 0 aliphatic rings. The van der Waals surface area contributed by atoms with E-state index in [-0.39, 0.29) is 0 Å². The van der Waals surface area contributed by atoms with Gasteiger partial charge in [-0.2, -0.15) is 0 Å². The largest absolute Gasteiger partial charge is 0.493 e. The molecule has 6 heteroatoms. The Morgan fingerprint density at radius 2 is 1.82 bits per heavy atom. The highest BCUT2D eigenvalue weighted by Crippen LogP contribution is 2.38. The number of nitrogens with zero attached hydrogens (tertiary/aromatic N) is 2. The number of hydrogen-bond acceptors (Lipinski definition) is 5. The van der Waals surface area contributed by atoms with Gasteiger partial charge in [0.05, 0.1) is 27.7 Å². The maximum atomic E-state index is 5.37. The molecule has 2 aromatic rings. The molecule has 6 nitrogen and oxygen atoms in total. The second kappa shape index (κ2) is 7.70. The molecule has 1 atom stereocenters. The van der Waals surface area contributed by atoms with Crippen molar-refractivity contribution in [1.82, 2.24) is 14.9 Å². The van der Waals surface area contributed by atoms with Gasteiger partial charge in [-0.15, -0.1) is 0 Å². The minimum atomic E-state index is 0.313. The van der Waals surface area contributed by atoms with Crippen molar-refractivity contribution < 1.29 is 14.2 Å². The van der Waals surface area contributed by atoms with Crippen LogP contribution in [0.2, 0.25) is 0 Å². The van der Waals surface area contributed by atoms with Crippen LogP contribution >= 0.6 is 0 Å². The summed E-state index contributed by atoms with van der Waals surface area (Å²) in [6.45, 7) is 3.72. The van der Waals surface area contributed by atoms with Gasteiger partial charge in [0.15, 0.2) is 11.5 Å². The summed E-state index contributed by atoms with van der Waals surface area (Å²) in [5.74, 6) is 1.95. The molecule has 1 unspecified atom stereocenters. The summed E-state index contributed by atoms with van der Waals surface area (Å²) in [6.07, 6.45) is 5.56. The van der Waals surface area contributed by atoms with Crippen LogP contribution in [0.5, 0.6) is 17.2 Å². The molecule has 1 aromatic heterocycles. The molecule has 1 N–H and O–H groups in total. The Kier molecular flexibility index (Phi) is 5.66. The standard InChI is InChI=1S/C16H23N3O3/c1-12(10-19-6-5-17-11-19)18-9-13-7-14(20-2)16(22-4)15(8-13)21-3/h5-8,11-12,18H,9-10H2,1-4H3. The highest BCUT2D eigenvalue weighted by Gasteiger charge is 2.13. The molecule has 1 aromatic carbocycles. The molecule has 0 bridgehead atoms. The predicted octanol–water partition coefficient (Wildman–Crippen LogP) is 2.09. The first-order valence-corrected chi connectivity index (χ1v) is 7.16. The Balaban J connectivity index is 2.03. The molecule has 22 heavy (non-hydrogen) atoms. The first kappa shape index (κ1) is 16.2. The van der Waals surface area contributed by atoms with Crippen molar-refractivity contribution in [3.63, 3.8) is 0 Å². The van der Waals surface area contributed by atoms with Crippen LogP contribution in [0.4, 0.5) is 0 Å². The van der Waals surface area contributed by atoms with Gasteiger partial charge in [-0.25, -0.2) is 4.98 Å².